The van der Waals surface area contributed by atoms with Gasteiger partial charge in [-0.1, -0.05) is 405 Å². The van der Waals surface area contributed by atoms with Crippen LogP contribution < -0.4 is 5.32 Å². The number of hydrogen-bond acceptors (Lipinski definition) is 5. The van der Waals surface area contributed by atoms with E-state index >= 15 is 0 Å². The van der Waals surface area contributed by atoms with E-state index in [0.29, 0.717) is 19.4 Å². The third-order valence-corrected chi connectivity index (χ3v) is 18.1. The number of aliphatic hydroxyl groups is 2. The van der Waals surface area contributed by atoms with Gasteiger partial charge in [-0.05, 0) is 32.1 Å². The molecule has 1 amide bonds. The Bertz CT molecular complexity index is 1240. The highest BCUT2D eigenvalue weighted by Gasteiger charge is 2.18. The molecule has 488 valence electrons. The fourth-order valence-corrected chi connectivity index (χ4v) is 12.3. The van der Waals surface area contributed by atoms with Crippen LogP contribution in [-0.2, 0) is 14.3 Å². The maximum atomic E-state index is 12.5. The first-order chi connectivity index (χ1) is 40.5. The lowest BCUT2D eigenvalue weighted by Crippen LogP contribution is -2.45. The number of nitrogens with one attached hydrogen (secondary N) is 1. The first kappa shape index (κ1) is 80.6. The van der Waals surface area contributed by atoms with Crippen LogP contribution in [0.3, 0.4) is 0 Å². The molecule has 0 rings (SSSR count). The maximum Gasteiger partial charge on any atom is 0.305 e. The molecule has 6 heteroatoms. The summed E-state index contributed by atoms with van der Waals surface area (Å²) < 4.78 is 5.52. The van der Waals surface area contributed by atoms with Crippen molar-refractivity contribution in [2.45, 2.75) is 450 Å². The summed E-state index contributed by atoms with van der Waals surface area (Å²) in [7, 11) is 0. The van der Waals surface area contributed by atoms with Gasteiger partial charge in [-0.15, -0.1) is 0 Å². The molecule has 2 atom stereocenters. The van der Waals surface area contributed by atoms with Gasteiger partial charge < -0.3 is 20.3 Å². The van der Waals surface area contributed by atoms with E-state index in [2.05, 4.69) is 19.2 Å². The predicted octanol–water partition coefficient (Wildman–Crippen LogP) is 24.7. The van der Waals surface area contributed by atoms with Crippen molar-refractivity contribution in [3.8, 4) is 0 Å². The molecule has 0 heterocycles. The molecule has 0 fully saturated rings. The number of esters is 1. The van der Waals surface area contributed by atoms with Crippen LogP contribution in [0.1, 0.15) is 438 Å². The Hall–Kier alpha value is -1.40. The number of ether oxygens (including phenoxy) is 1. The normalized spacial score (nSPS) is 12.5. The molecule has 0 bridgehead atoms. The molecular formula is C76H149NO5. The Balaban J connectivity index is 3.30. The lowest BCUT2D eigenvalue weighted by atomic mass is 10.0. The van der Waals surface area contributed by atoms with Crippen LogP contribution in [0.15, 0.2) is 12.2 Å². The highest BCUT2D eigenvalue weighted by molar-refractivity contribution is 5.76. The minimum Gasteiger partial charge on any atom is -0.466 e. The molecule has 0 aliphatic rings. The van der Waals surface area contributed by atoms with Gasteiger partial charge in [0.05, 0.1) is 25.4 Å². The van der Waals surface area contributed by atoms with E-state index in [1.807, 2.05) is 6.08 Å². The molecule has 0 saturated heterocycles. The van der Waals surface area contributed by atoms with Gasteiger partial charge in [0.2, 0.25) is 5.91 Å². The Labute approximate surface area is 514 Å². The fourth-order valence-electron chi connectivity index (χ4n) is 12.3. The van der Waals surface area contributed by atoms with Crippen molar-refractivity contribution >= 4 is 11.9 Å². The molecule has 0 aromatic carbocycles. The minimum atomic E-state index is -0.840. The van der Waals surface area contributed by atoms with E-state index in [-0.39, 0.29) is 18.5 Å². The van der Waals surface area contributed by atoms with Crippen molar-refractivity contribution in [3.05, 3.63) is 12.2 Å². The van der Waals surface area contributed by atoms with Crippen molar-refractivity contribution in [2.24, 2.45) is 0 Å². The van der Waals surface area contributed by atoms with Crippen molar-refractivity contribution in [1.29, 1.82) is 0 Å². The monoisotopic (exact) mass is 1160 g/mol. The number of hydrogen-bond donors (Lipinski definition) is 3. The SMILES string of the molecule is CCCCCCCCCCCCCC/C=C/C(O)C(CO)NC(=O)CCCCCCCCCCCCCCCCCCCCCCCCCCCCCCCCCCCOC(=O)CCCCCCCCCCCCCCCCCCCC. The zero-order valence-electron chi connectivity index (χ0n) is 56.0. The van der Waals surface area contributed by atoms with Gasteiger partial charge in [0.15, 0.2) is 0 Å². The summed E-state index contributed by atoms with van der Waals surface area (Å²) in [5, 5.41) is 23.2. The van der Waals surface area contributed by atoms with Gasteiger partial charge in [-0.2, -0.15) is 0 Å². The minimum absolute atomic E-state index is 0.0269. The highest BCUT2D eigenvalue weighted by atomic mass is 16.5. The van der Waals surface area contributed by atoms with E-state index in [1.54, 1.807) is 6.08 Å². The lowest BCUT2D eigenvalue weighted by molar-refractivity contribution is -0.143. The van der Waals surface area contributed by atoms with Crippen molar-refractivity contribution in [3.63, 3.8) is 0 Å². The zero-order chi connectivity index (χ0) is 59.2. The van der Waals surface area contributed by atoms with Gasteiger partial charge >= 0.3 is 5.97 Å². The second kappa shape index (κ2) is 72.1. The average Bonchev–Trinajstić information content (AvgIpc) is 3.48. The molecule has 0 aliphatic carbocycles. The molecule has 0 aromatic rings. The Morgan fingerprint density at radius 3 is 0.829 bits per heavy atom. The summed E-state index contributed by atoms with van der Waals surface area (Å²) in [5.41, 5.74) is 0. The molecule has 3 N–H and O–H groups in total. The standard InChI is InChI=1S/C76H149NO5/c1-3-5-7-9-11-13-15-17-19-20-39-42-46-50-54-58-62-66-70-76(81)82-71-67-63-59-55-51-47-43-40-37-35-33-31-29-27-25-23-21-22-24-26-28-30-32-34-36-38-41-45-49-53-57-61-65-69-75(80)77-73(72-78)74(79)68-64-60-56-52-48-44-18-16-14-12-10-8-6-4-2/h64,68,73-74,78-79H,3-63,65-67,69-72H2,1-2H3,(H,77,80)/b68-64+. The van der Waals surface area contributed by atoms with E-state index in [1.165, 1.54) is 372 Å². The van der Waals surface area contributed by atoms with Gasteiger partial charge in [-0.25, -0.2) is 0 Å². The summed E-state index contributed by atoms with van der Waals surface area (Å²) in [4.78, 5) is 24.6. The second-order valence-corrected chi connectivity index (χ2v) is 26.4. The number of carbonyl (C=O) groups excluding carboxylic acids is 2. The molecule has 2 unspecified atom stereocenters. The Morgan fingerprint density at radius 2 is 0.561 bits per heavy atom. The van der Waals surface area contributed by atoms with E-state index in [9.17, 15) is 19.8 Å². The molecule has 0 aromatic heterocycles. The third kappa shape index (κ3) is 67.7. The Kier molecular flexibility index (Phi) is 70.8. The number of carbonyl (C=O) groups is 2. The molecule has 82 heavy (non-hydrogen) atoms. The first-order valence-corrected chi connectivity index (χ1v) is 38.0. The fraction of sp³-hybridized carbons (Fsp3) is 0.947. The van der Waals surface area contributed by atoms with E-state index in [0.717, 1.165) is 38.5 Å². The number of allylic oxidation sites excluding steroid dienone is 1. The molecular weight excluding hydrogens is 1010 g/mol. The average molecular weight is 1160 g/mol. The summed E-state index contributed by atoms with van der Waals surface area (Å²) in [5.74, 6) is -0.0334. The summed E-state index contributed by atoms with van der Waals surface area (Å²) in [6, 6.07) is -0.623. The number of amides is 1. The highest BCUT2D eigenvalue weighted by Crippen LogP contribution is 2.20. The quantitative estimate of drug-likeness (QED) is 0.0320. The maximum absolute atomic E-state index is 12.5. The summed E-state index contributed by atoms with van der Waals surface area (Å²) in [6.45, 7) is 4.95. The Morgan fingerprint density at radius 1 is 0.329 bits per heavy atom. The van der Waals surface area contributed by atoms with Crippen LogP contribution in [0.25, 0.3) is 0 Å². The van der Waals surface area contributed by atoms with E-state index in [4.69, 9.17) is 4.74 Å². The number of unbranched alkanes of at least 4 members (excludes halogenated alkanes) is 61. The van der Waals surface area contributed by atoms with Crippen LogP contribution >= 0.6 is 0 Å². The molecule has 0 radical (unpaired) electrons. The molecule has 0 spiro atoms. The third-order valence-electron chi connectivity index (χ3n) is 18.1. The second-order valence-electron chi connectivity index (χ2n) is 26.4. The van der Waals surface area contributed by atoms with Crippen molar-refractivity contribution < 1.29 is 24.5 Å². The largest absolute Gasteiger partial charge is 0.466 e. The van der Waals surface area contributed by atoms with Crippen LogP contribution in [0.2, 0.25) is 0 Å². The van der Waals surface area contributed by atoms with Crippen molar-refractivity contribution in [1.82, 2.24) is 5.32 Å². The first-order valence-electron chi connectivity index (χ1n) is 38.0. The van der Waals surface area contributed by atoms with Gasteiger partial charge in [0.1, 0.15) is 0 Å². The zero-order valence-corrected chi connectivity index (χ0v) is 56.0. The predicted molar refractivity (Wildman–Crippen MR) is 361 cm³/mol. The van der Waals surface area contributed by atoms with Crippen LogP contribution in [0, 0.1) is 0 Å². The van der Waals surface area contributed by atoms with E-state index < -0.39 is 12.1 Å². The van der Waals surface area contributed by atoms with Gasteiger partial charge in [0.25, 0.3) is 0 Å². The number of aliphatic hydroxyl groups excluding tert-OH is 2. The van der Waals surface area contributed by atoms with Gasteiger partial charge in [-0.3, -0.25) is 9.59 Å². The lowest BCUT2D eigenvalue weighted by Gasteiger charge is -2.20. The van der Waals surface area contributed by atoms with Crippen LogP contribution in [0.4, 0.5) is 0 Å². The summed E-state index contributed by atoms with van der Waals surface area (Å²) in [6.07, 6.45) is 90.4. The van der Waals surface area contributed by atoms with Crippen molar-refractivity contribution in [2.75, 3.05) is 13.2 Å². The molecule has 6 nitrogen and oxygen atoms in total. The topological polar surface area (TPSA) is 95.9 Å². The smallest absolute Gasteiger partial charge is 0.305 e. The molecule has 0 saturated carbocycles. The number of rotatable bonds is 72. The van der Waals surface area contributed by atoms with Crippen LogP contribution in [-0.4, -0.2) is 47.4 Å². The summed E-state index contributed by atoms with van der Waals surface area (Å²) >= 11 is 0. The molecule has 0 aliphatic heterocycles. The van der Waals surface area contributed by atoms with Gasteiger partial charge in [0, 0.05) is 12.8 Å². The van der Waals surface area contributed by atoms with Crippen LogP contribution in [0.5, 0.6) is 0 Å².